The Balaban J connectivity index is 2.43. The summed E-state index contributed by atoms with van der Waals surface area (Å²) in [5, 5.41) is 0. The van der Waals surface area contributed by atoms with Gasteiger partial charge in [0.2, 0.25) is 10.0 Å². The zero-order valence-corrected chi connectivity index (χ0v) is 10.0. The molecule has 0 aromatic carbocycles. The molecule has 0 bridgehead atoms. The number of nitrogens with zero attached hydrogens (tertiary/aromatic N) is 1. The number of hydrogen-bond donors (Lipinski definition) is 0. The molecule has 1 fully saturated rings. The summed E-state index contributed by atoms with van der Waals surface area (Å²) in [7, 11) is -1.26. The molecule has 0 radical (unpaired) electrons. The summed E-state index contributed by atoms with van der Waals surface area (Å²) in [6.07, 6.45) is 6.25. The summed E-state index contributed by atoms with van der Waals surface area (Å²) in [5.41, 5.74) is 0. The third kappa shape index (κ3) is 3.24. The van der Waals surface area contributed by atoms with E-state index in [1.807, 2.05) is 0 Å². The monoisotopic (exact) mass is 219 g/mol. The lowest BCUT2D eigenvalue weighted by Gasteiger charge is -2.26. The van der Waals surface area contributed by atoms with Crippen molar-refractivity contribution in [3.05, 3.63) is 0 Å². The largest absolute Gasteiger partial charge is 0.213 e. The van der Waals surface area contributed by atoms with Crippen LogP contribution in [0.1, 0.15) is 39.0 Å². The van der Waals surface area contributed by atoms with E-state index >= 15 is 0 Å². The molecule has 1 rings (SSSR count). The Labute approximate surface area is 87.5 Å². The third-order valence-electron chi connectivity index (χ3n) is 3.08. The second-order valence-electron chi connectivity index (χ2n) is 4.19. The smallest absolute Gasteiger partial charge is 0.212 e. The summed E-state index contributed by atoms with van der Waals surface area (Å²) >= 11 is 0. The van der Waals surface area contributed by atoms with Crippen LogP contribution in [0.5, 0.6) is 0 Å². The van der Waals surface area contributed by atoms with Crippen molar-refractivity contribution in [3.63, 3.8) is 0 Å². The van der Waals surface area contributed by atoms with Crippen LogP contribution in [0.4, 0.5) is 0 Å². The Bertz CT molecular complexity index is 255. The second kappa shape index (κ2) is 5.12. The van der Waals surface area contributed by atoms with Gasteiger partial charge in [0.05, 0.1) is 5.75 Å². The van der Waals surface area contributed by atoms with E-state index in [1.54, 1.807) is 14.0 Å². The highest BCUT2D eigenvalue weighted by atomic mass is 32.2. The summed E-state index contributed by atoms with van der Waals surface area (Å²) in [6, 6.07) is 0. The van der Waals surface area contributed by atoms with Gasteiger partial charge in [-0.3, -0.25) is 0 Å². The van der Waals surface area contributed by atoms with Crippen molar-refractivity contribution in [2.24, 2.45) is 5.92 Å². The molecule has 0 unspecified atom stereocenters. The van der Waals surface area contributed by atoms with Crippen molar-refractivity contribution < 1.29 is 8.42 Å². The average molecular weight is 219 g/mol. The van der Waals surface area contributed by atoms with Gasteiger partial charge in [0, 0.05) is 13.6 Å². The van der Waals surface area contributed by atoms with Crippen LogP contribution in [-0.2, 0) is 10.0 Å². The Morgan fingerprint density at radius 3 is 2.29 bits per heavy atom. The lowest BCUT2D eigenvalue weighted by molar-refractivity contribution is 0.300. The molecule has 0 atom stereocenters. The first kappa shape index (κ1) is 12.0. The van der Waals surface area contributed by atoms with E-state index in [0.29, 0.717) is 5.92 Å². The fraction of sp³-hybridized carbons (Fsp3) is 1.00. The first-order valence-electron chi connectivity index (χ1n) is 5.50. The molecule has 0 N–H and O–H groups in total. The van der Waals surface area contributed by atoms with Crippen LogP contribution >= 0.6 is 0 Å². The maximum absolute atomic E-state index is 11.5. The Morgan fingerprint density at radius 1 is 1.21 bits per heavy atom. The average Bonchev–Trinajstić information content (AvgIpc) is 2.19. The maximum Gasteiger partial charge on any atom is 0.213 e. The summed E-state index contributed by atoms with van der Waals surface area (Å²) in [4.78, 5) is 0. The van der Waals surface area contributed by atoms with Crippen molar-refractivity contribution in [1.29, 1.82) is 0 Å². The quantitative estimate of drug-likeness (QED) is 0.723. The standard InChI is InChI=1S/C10H21NO2S/c1-3-14(12,13)11(2)9-10-7-5-4-6-8-10/h10H,3-9H2,1-2H3. The minimum atomic E-state index is -2.96. The number of rotatable bonds is 4. The van der Waals surface area contributed by atoms with E-state index in [1.165, 1.54) is 36.4 Å². The van der Waals surface area contributed by atoms with Gasteiger partial charge in [0.15, 0.2) is 0 Å². The molecular weight excluding hydrogens is 198 g/mol. The van der Waals surface area contributed by atoms with E-state index in [-0.39, 0.29) is 5.75 Å². The SMILES string of the molecule is CCS(=O)(=O)N(C)CC1CCCCC1. The van der Waals surface area contributed by atoms with Crippen LogP contribution < -0.4 is 0 Å². The molecular formula is C10H21NO2S. The maximum atomic E-state index is 11.5. The Morgan fingerprint density at radius 2 is 1.79 bits per heavy atom. The highest BCUT2D eigenvalue weighted by molar-refractivity contribution is 7.89. The van der Waals surface area contributed by atoms with Crippen LogP contribution in [-0.4, -0.2) is 32.1 Å². The van der Waals surface area contributed by atoms with E-state index < -0.39 is 10.0 Å². The Kier molecular flexibility index (Phi) is 4.38. The fourth-order valence-electron chi connectivity index (χ4n) is 2.07. The number of hydrogen-bond acceptors (Lipinski definition) is 2. The normalized spacial score (nSPS) is 20.2. The zero-order chi connectivity index (χ0) is 10.6. The van der Waals surface area contributed by atoms with Gasteiger partial charge in [-0.05, 0) is 25.7 Å². The first-order valence-corrected chi connectivity index (χ1v) is 7.11. The molecule has 1 aliphatic rings. The van der Waals surface area contributed by atoms with Crippen LogP contribution in [0.2, 0.25) is 0 Å². The third-order valence-corrected chi connectivity index (χ3v) is 4.91. The van der Waals surface area contributed by atoms with Crippen molar-refractivity contribution in [2.45, 2.75) is 39.0 Å². The minimum Gasteiger partial charge on any atom is -0.212 e. The molecule has 1 aliphatic carbocycles. The highest BCUT2D eigenvalue weighted by Crippen LogP contribution is 2.24. The topological polar surface area (TPSA) is 37.4 Å². The van der Waals surface area contributed by atoms with Crippen molar-refractivity contribution in [3.8, 4) is 0 Å². The van der Waals surface area contributed by atoms with E-state index in [9.17, 15) is 8.42 Å². The molecule has 0 aromatic rings. The van der Waals surface area contributed by atoms with Crippen molar-refractivity contribution in [1.82, 2.24) is 4.31 Å². The van der Waals surface area contributed by atoms with E-state index in [4.69, 9.17) is 0 Å². The van der Waals surface area contributed by atoms with Crippen LogP contribution in [0.3, 0.4) is 0 Å². The lowest BCUT2D eigenvalue weighted by Crippen LogP contribution is -2.33. The molecule has 4 heteroatoms. The summed E-state index contributed by atoms with van der Waals surface area (Å²) in [6.45, 7) is 2.42. The molecule has 0 amide bonds. The molecule has 0 aromatic heterocycles. The fourth-order valence-corrected chi connectivity index (χ4v) is 2.95. The van der Waals surface area contributed by atoms with Gasteiger partial charge in [0.25, 0.3) is 0 Å². The Hall–Kier alpha value is -0.0900. The molecule has 0 saturated heterocycles. The summed E-state index contributed by atoms with van der Waals surface area (Å²) in [5.74, 6) is 0.811. The van der Waals surface area contributed by atoms with Crippen molar-refractivity contribution in [2.75, 3.05) is 19.3 Å². The van der Waals surface area contributed by atoms with Gasteiger partial charge in [-0.1, -0.05) is 19.3 Å². The van der Waals surface area contributed by atoms with Crippen molar-refractivity contribution >= 4 is 10.0 Å². The molecule has 0 spiro atoms. The van der Waals surface area contributed by atoms with Crippen LogP contribution in [0.15, 0.2) is 0 Å². The van der Waals surface area contributed by atoms with Gasteiger partial charge in [-0.25, -0.2) is 12.7 Å². The zero-order valence-electron chi connectivity index (χ0n) is 9.20. The summed E-state index contributed by atoms with van der Waals surface area (Å²) < 4.78 is 24.5. The van der Waals surface area contributed by atoms with Crippen LogP contribution in [0, 0.1) is 5.92 Å². The van der Waals surface area contributed by atoms with Gasteiger partial charge in [-0.2, -0.15) is 0 Å². The van der Waals surface area contributed by atoms with Crippen LogP contribution in [0.25, 0.3) is 0 Å². The highest BCUT2D eigenvalue weighted by Gasteiger charge is 2.21. The van der Waals surface area contributed by atoms with Gasteiger partial charge >= 0.3 is 0 Å². The molecule has 0 heterocycles. The minimum absolute atomic E-state index is 0.218. The molecule has 14 heavy (non-hydrogen) atoms. The molecule has 0 aliphatic heterocycles. The molecule has 3 nitrogen and oxygen atoms in total. The van der Waals surface area contributed by atoms with E-state index in [2.05, 4.69) is 0 Å². The lowest BCUT2D eigenvalue weighted by atomic mass is 9.89. The predicted octanol–water partition coefficient (Wildman–Crippen LogP) is 1.85. The number of sulfonamides is 1. The van der Waals surface area contributed by atoms with Gasteiger partial charge < -0.3 is 0 Å². The second-order valence-corrected chi connectivity index (χ2v) is 6.55. The predicted molar refractivity (Wildman–Crippen MR) is 58.7 cm³/mol. The molecule has 84 valence electrons. The first-order chi connectivity index (χ1) is 6.56. The molecule has 1 saturated carbocycles. The van der Waals surface area contributed by atoms with Gasteiger partial charge in [-0.15, -0.1) is 0 Å². The van der Waals surface area contributed by atoms with E-state index in [0.717, 1.165) is 6.54 Å². The van der Waals surface area contributed by atoms with Gasteiger partial charge in [0.1, 0.15) is 0 Å².